The number of ether oxygens (including phenoxy) is 1. The average molecular weight is 562 g/mol. The number of nitrogens with zero attached hydrogens (tertiary/aromatic N) is 1. The molecule has 33 heavy (non-hydrogen) atoms. The lowest BCUT2D eigenvalue weighted by Crippen LogP contribution is -2.46. The molecule has 1 saturated carbocycles. The van der Waals surface area contributed by atoms with E-state index in [1.165, 1.54) is 18.4 Å². The molecule has 6 nitrogen and oxygen atoms in total. The summed E-state index contributed by atoms with van der Waals surface area (Å²) in [6.07, 6.45) is 5.65. The Labute approximate surface area is 214 Å². The van der Waals surface area contributed by atoms with Gasteiger partial charge in [0.05, 0.1) is 12.6 Å². The first-order valence-corrected chi connectivity index (χ1v) is 11.8. The van der Waals surface area contributed by atoms with Gasteiger partial charge < -0.3 is 20.7 Å². The summed E-state index contributed by atoms with van der Waals surface area (Å²) in [6, 6.07) is 16.2. The maximum absolute atomic E-state index is 12.0. The van der Waals surface area contributed by atoms with Gasteiger partial charge in [-0.1, -0.05) is 30.3 Å². The first-order valence-electron chi connectivity index (χ1n) is 11.8. The number of carbonyl (C=O) groups excluding carboxylic acids is 1. The van der Waals surface area contributed by atoms with Crippen LogP contribution in [0.2, 0.25) is 0 Å². The van der Waals surface area contributed by atoms with Gasteiger partial charge in [-0.05, 0) is 63.3 Å². The summed E-state index contributed by atoms with van der Waals surface area (Å²) in [5.41, 5.74) is 2.88. The summed E-state index contributed by atoms with van der Waals surface area (Å²) in [5, 5.41) is 9.89. The van der Waals surface area contributed by atoms with Crippen molar-refractivity contribution in [1.29, 1.82) is 0 Å². The molecular formula is C26H35IN4O2. The summed E-state index contributed by atoms with van der Waals surface area (Å²) < 4.78 is 6.50. The number of amides is 1. The molecule has 1 spiro atoms. The van der Waals surface area contributed by atoms with Crippen LogP contribution in [-0.4, -0.2) is 30.6 Å². The highest BCUT2D eigenvalue weighted by atomic mass is 127. The van der Waals surface area contributed by atoms with E-state index in [-0.39, 0.29) is 41.5 Å². The normalized spacial score (nSPS) is 18.6. The smallest absolute Gasteiger partial charge is 0.251 e. The van der Waals surface area contributed by atoms with E-state index < -0.39 is 0 Å². The fourth-order valence-electron chi connectivity index (χ4n) is 4.75. The highest BCUT2D eigenvalue weighted by Gasteiger charge is 2.43. The second-order valence-corrected chi connectivity index (χ2v) is 8.68. The molecule has 1 atom stereocenters. The molecule has 0 saturated heterocycles. The van der Waals surface area contributed by atoms with Crippen LogP contribution in [0.1, 0.15) is 73.5 Å². The molecule has 2 aromatic rings. The van der Waals surface area contributed by atoms with Crippen molar-refractivity contribution < 1.29 is 9.53 Å². The fraction of sp³-hybridized carbons (Fsp3) is 0.462. The van der Waals surface area contributed by atoms with Crippen LogP contribution in [0.15, 0.2) is 53.5 Å². The Morgan fingerprint density at radius 2 is 1.73 bits per heavy atom. The van der Waals surface area contributed by atoms with E-state index in [0.717, 1.165) is 43.1 Å². The summed E-state index contributed by atoms with van der Waals surface area (Å²) in [4.78, 5) is 16.8. The van der Waals surface area contributed by atoms with E-state index in [2.05, 4.69) is 41.1 Å². The van der Waals surface area contributed by atoms with Gasteiger partial charge in [0.1, 0.15) is 11.4 Å². The van der Waals surface area contributed by atoms with Crippen LogP contribution in [0.3, 0.4) is 0 Å². The lowest BCUT2D eigenvalue weighted by molar-refractivity contribution is 0.0396. The number of para-hydroxylation sites is 1. The number of aliphatic imine (C=N–C) groups is 1. The molecule has 2 aromatic carbocycles. The molecule has 1 amide bonds. The monoisotopic (exact) mass is 562 g/mol. The number of guanidine groups is 1. The third-order valence-electron chi connectivity index (χ3n) is 6.34. The van der Waals surface area contributed by atoms with Gasteiger partial charge in [0.25, 0.3) is 5.91 Å². The van der Waals surface area contributed by atoms with E-state index in [4.69, 9.17) is 9.73 Å². The van der Waals surface area contributed by atoms with Gasteiger partial charge in [-0.15, -0.1) is 24.0 Å². The molecule has 1 unspecified atom stereocenters. The quantitative estimate of drug-likeness (QED) is 0.265. The van der Waals surface area contributed by atoms with Crippen molar-refractivity contribution in [1.82, 2.24) is 16.0 Å². The summed E-state index contributed by atoms with van der Waals surface area (Å²) >= 11 is 0. The first kappa shape index (κ1) is 25.3. The van der Waals surface area contributed by atoms with E-state index >= 15 is 0 Å². The molecule has 1 aliphatic carbocycles. The zero-order chi connectivity index (χ0) is 22.4. The van der Waals surface area contributed by atoms with Crippen molar-refractivity contribution in [2.45, 2.75) is 64.1 Å². The third-order valence-corrected chi connectivity index (χ3v) is 6.34. The number of halogens is 1. The zero-order valence-electron chi connectivity index (χ0n) is 19.5. The summed E-state index contributed by atoms with van der Waals surface area (Å²) in [6.45, 7) is 5.95. The Kier molecular flexibility index (Phi) is 9.00. The van der Waals surface area contributed by atoms with E-state index in [9.17, 15) is 4.79 Å². The molecule has 2 aliphatic rings. The van der Waals surface area contributed by atoms with Crippen LogP contribution in [-0.2, 0) is 6.54 Å². The number of rotatable bonds is 6. The topological polar surface area (TPSA) is 74.8 Å². The van der Waals surface area contributed by atoms with Crippen LogP contribution in [0.4, 0.5) is 0 Å². The first-order chi connectivity index (χ1) is 15.6. The van der Waals surface area contributed by atoms with Crippen molar-refractivity contribution in [3.05, 3.63) is 65.2 Å². The van der Waals surface area contributed by atoms with Gasteiger partial charge in [0.15, 0.2) is 5.96 Å². The van der Waals surface area contributed by atoms with Crippen LogP contribution in [0.25, 0.3) is 0 Å². The maximum Gasteiger partial charge on any atom is 0.251 e. The van der Waals surface area contributed by atoms with E-state index in [1.807, 2.05) is 37.3 Å². The van der Waals surface area contributed by atoms with Crippen molar-refractivity contribution in [2.24, 2.45) is 4.99 Å². The van der Waals surface area contributed by atoms with Crippen LogP contribution < -0.4 is 20.7 Å². The molecule has 3 N–H and O–H groups in total. The van der Waals surface area contributed by atoms with Gasteiger partial charge in [0.2, 0.25) is 0 Å². The van der Waals surface area contributed by atoms with Crippen molar-refractivity contribution in [2.75, 3.05) is 13.1 Å². The SMILES string of the molecule is CCNC(=O)c1ccc(CN=C(NCC)NC2CC3(CCCC3)Oc3ccccc32)cc1.I. The van der Waals surface area contributed by atoms with Crippen LogP contribution in [0.5, 0.6) is 5.75 Å². The maximum atomic E-state index is 12.0. The summed E-state index contributed by atoms with van der Waals surface area (Å²) in [7, 11) is 0. The highest BCUT2D eigenvalue weighted by molar-refractivity contribution is 14.0. The molecule has 1 heterocycles. The van der Waals surface area contributed by atoms with Crippen molar-refractivity contribution in [3.63, 3.8) is 0 Å². The predicted molar refractivity (Wildman–Crippen MR) is 143 cm³/mol. The Bertz CT molecular complexity index is 955. The Morgan fingerprint density at radius 1 is 1.03 bits per heavy atom. The van der Waals surface area contributed by atoms with Gasteiger partial charge >= 0.3 is 0 Å². The lowest BCUT2D eigenvalue weighted by Gasteiger charge is -2.40. The van der Waals surface area contributed by atoms with Gasteiger partial charge in [-0.3, -0.25) is 4.79 Å². The number of nitrogens with one attached hydrogen (secondary N) is 3. The molecule has 178 valence electrons. The van der Waals surface area contributed by atoms with Crippen molar-refractivity contribution >= 4 is 35.8 Å². The Balaban J connectivity index is 0.00000306. The van der Waals surface area contributed by atoms with Crippen LogP contribution >= 0.6 is 24.0 Å². The molecule has 0 radical (unpaired) electrons. The Morgan fingerprint density at radius 3 is 2.42 bits per heavy atom. The molecule has 1 fully saturated rings. The third kappa shape index (κ3) is 6.19. The number of hydrogen-bond acceptors (Lipinski definition) is 3. The Hall–Kier alpha value is -2.29. The zero-order valence-corrected chi connectivity index (χ0v) is 21.9. The highest BCUT2D eigenvalue weighted by Crippen LogP contribution is 2.46. The van der Waals surface area contributed by atoms with Gasteiger partial charge in [0, 0.05) is 30.6 Å². The molecule has 0 bridgehead atoms. The molecule has 0 aromatic heterocycles. The molecular weight excluding hydrogens is 527 g/mol. The minimum atomic E-state index is -0.0573. The summed E-state index contributed by atoms with van der Waals surface area (Å²) in [5.74, 6) is 1.75. The molecule has 4 rings (SSSR count). The number of fused-ring (bicyclic) bond motifs is 1. The van der Waals surface area contributed by atoms with Crippen LogP contribution in [0, 0.1) is 0 Å². The average Bonchev–Trinajstić information content (AvgIpc) is 3.25. The fourth-order valence-corrected chi connectivity index (χ4v) is 4.75. The number of benzene rings is 2. The van der Waals surface area contributed by atoms with Gasteiger partial charge in [-0.2, -0.15) is 0 Å². The molecule has 1 aliphatic heterocycles. The second-order valence-electron chi connectivity index (χ2n) is 8.68. The standard InChI is InChI=1S/C26H34N4O2.HI/c1-3-27-24(31)20-13-11-19(12-14-20)18-29-25(28-4-2)30-22-17-26(15-7-8-16-26)32-23-10-6-5-9-21(22)23;/h5-6,9-14,22H,3-4,7-8,15-18H2,1-2H3,(H,27,31)(H2,28,29,30);1H. The van der Waals surface area contributed by atoms with E-state index in [1.54, 1.807) is 0 Å². The minimum Gasteiger partial charge on any atom is -0.487 e. The number of hydrogen-bond donors (Lipinski definition) is 3. The lowest BCUT2D eigenvalue weighted by atomic mass is 9.86. The number of carbonyl (C=O) groups is 1. The van der Waals surface area contributed by atoms with Gasteiger partial charge in [-0.25, -0.2) is 4.99 Å². The second kappa shape index (κ2) is 11.7. The van der Waals surface area contributed by atoms with E-state index in [0.29, 0.717) is 18.7 Å². The molecule has 7 heteroatoms. The predicted octanol–water partition coefficient (Wildman–Crippen LogP) is 4.95. The largest absolute Gasteiger partial charge is 0.487 e. The minimum absolute atomic E-state index is 0. The van der Waals surface area contributed by atoms with Crippen molar-refractivity contribution in [3.8, 4) is 5.75 Å².